The minimum absolute atomic E-state index is 0.338. The zero-order chi connectivity index (χ0) is 10.5. The second kappa shape index (κ2) is 5.66. The number of alkyl halides is 1. The number of hydrogen-bond acceptors (Lipinski definition) is 2. The lowest BCUT2D eigenvalue weighted by Gasteiger charge is -2.32. The lowest BCUT2D eigenvalue weighted by molar-refractivity contribution is 0.00311. The summed E-state index contributed by atoms with van der Waals surface area (Å²) in [6.45, 7) is 3.85. The van der Waals surface area contributed by atoms with E-state index in [9.17, 15) is 4.57 Å². The molecule has 0 saturated carbocycles. The summed E-state index contributed by atoms with van der Waals surface area (Å²) in [5, 5.41) is -1.27. The van der Waals surface area contributed by atoms with Gasteiger partial charge in [0, 0.05) is 4.43 Å². The minimum atomic E-state index is -4.16. The Kier molecular flexibility index (Phi) is 6.02. The molecule has 6 heteroatoms. The molecular weight excluding hydrogens is 306 g/mol. The largest absolute Gasteiger partial charge is 0.362 e. The highest BCUT2D eigenvalue weighted by molar-refractivity contribution is 14.1. The Bertz CT molecular complexity index is 187. The Labute approximate surface area is 92.4 Å². The van der Waals surface area contributed by atoms with Crippen molar-refractivity contribution in [2.24, 2.45) is 0 Å². The number of halogens is 1. The summed E-state index contributed by atoms with van der Waals surface area (Å²) in [4.78, 5) is 18.3. The number of ether oxygens (including phenoxy) is 1. The van der Waals surface area contributed by atoms with Gasteiger partial charge in [-0.3, -0.25) is 4.57 Å². The van der Waals surface area contributed by atoms with Gasteiger partial charge in [0.05, 0.1) is 6.61 Å². The van der Waals surface area contributed by atoms with Crippen molar-refractivity contribution in [3.05, 3.63) is 0 Å². The van der Waals surface area contributed by atoms with Crippen LogP contribution in [0.3, 0.4) is 0 Å². The van der Waals surface area contributed by atoms with Crippen LogP contribution in [0.4, 0.5) is 0 Å². The fourth-order valence-corrected chi connectivity index (χ4v) is 2.48. The van der Waals surface area contributed by atoms with Crippen molar-refractivity contribution in [1.29, 1.82) is 0 Å². The predicted octanol–water partition coefficient (Wildman–Crippen LogP) is 2.13. The molecule has 0 unspecified atom stereocenters. The van der Waals surface area contributed by atoms with Gasteiger partial charge in [-0.05, 0) is 12.8 Å². The van der Waals surface area contributed by atoms with Crippen molar-refractivity contribution in [3.8, 4) is 0 Å². The maximum Gasteiger partial charge on any atom is 0.357 e. The second-order valence-corrected chi connectivity index (χ2v) is 5.72. The van der Waals surface area contributed by atoms with Gasteiger partial charge in [-0.1, -0.05) is 36.4 Å². The Morgan fingerprint density at radius 2 is 1.85 bits per heavy atom. The summed E-state index contributed by atoms with van der Waals surface area (Å²) in [7, 11) is -4.16. The first kappa shape index (κ1) is 13.8. The summed E-state index contributed by atoms with van der Waals surface area (Å²) in [6, 6.07) is 0. The fraction of sp³-hybridized carbons (Fsp3) is 1.00. The third-order valence-electron chi connectivity index (χ3n) is 2.08. The van der Waals surface area contributed by atoms with Crippen molar-refractivity contribution in [2.45, 2.75) is 32.0 Å². The van der Waals surface area contributed by atoms with Gasteiger partial charge in [0.15, 0.2) is 5.34 Å². The van der Waals surface area contributed by atoms with Crippen LogP contribution in [0.15, 0.2) is 0 Å². The van der Waals surface area contributed by atoms with E-state index in [0.717, 1.165) is 4.43 Å². The van der Waals surface area contributed by atoms with Gasteiger partial charge in [-0.25, -0.2) is 0 Å². The zero-order valence-electron chi connectivity index (χ0n) is 7.86. The van der Waals surface area contributed by atoms with E-state index in [-0.39, 0.29) is 0 Å². The van der Waals surface area contributed by atoms with Gasteiger partial charge < -0.3 is 14.5 Å². The van der Waals surface area contributed by atoms with Gasteiger partial charge >= 0.3 is 7.60 Å². The maximum absolute atomic E-state index is 11.2. The monoisotopic (exact) mass is 322 g/mol. The molecule has 0 rings (SSSR count). The van der Waals surface area contributed by atoms with E-state index in [2.05, 4.69) is 22.6 Å². The van der Waals surface area contributed by atoms with E-state index in [1.807, 2.05) is 0 Å². The highest BCUT2D eigenvalue weighted by Crippen LogP contribution is 2.55. The smallest absolute Gasteiger partial charge is 0.357 e. The second-order valence-electron chi connectivity index (χ2n) is 2.73. The molecule has 0 spiro atoms. The molecule has 0 bridgehead atoms. The Balaban J connectivity index is 4.60. The first-order chi connectivity index (χ1) is 5.93. The van der Waals surface area contributed by atoms with E-state index in [4.69, 9.17) is 14.5 Å². The molecule has 0 heterocycles. The predicted molar refractivity (Wildman–Crippen MR) is 60.2 cm³/mol. The van der Waals surface area contributed by atoms with E-state index < -0.39 is 12.9 Å². The first-order valence-corrected chi connectivity index (χ1v) is 7.33. The lowest BCUT2D eigenvalue weighted by atomic mass is 10.2. The molecule has 0 aliphatic rings. The average molecular weight is 322 g/mol. The normalized spacial score (nSPS) is 13.3. The number of hydrogen-bond donors (Lipinski definition) is 2. The Hall–Kier alpha value is 0.840. The first-order valence-electron chi connectivity index (χ1n) is 4.19. The molecule has 2 N–H and O–H groups in total. The van der Waals surface area contributed by atoms with Crippen molar-refractivity contribution in [3.63, 3.8) is 0 Å². The van der Waals surface area contributed by atoms with Crippen molar-refractivity contribution >= 4 is 30.2 Å². The van der Waals surface area contributed by atoms with Crippen LogP contribution in [-0.4, -0.2) is 26.2 Å². The lowest BCUT2D eigenvalue weighted by Crippen LogP contribution is -2.31. The van der Waals surface area contributed by atoms with Crippen molar-refractivity contribution in [1.82, 2.24) is 0 Å². The molecule has 13 heavy (non-hydrogen) atoms. The quantitative estimate of drug-likeness (QED) is 0.447. The van der Waals surface area contributed by atoms with Crippen molar-refractivity contribution in [2.75, 3.05) is 11.0 Å². The SMILES string of the molecule is CCC(CC)(OCCI)P(=O)(O)O. The van der Waals surface area contributed by atoms with E-state index >= 15 is 0 Å². The standard InChI is InChI=1S/C7H16IO4P/c1-3-7(4-2,12-6-5-8)13(9,10)11/h3-6H2,1-2H3,(H2,9,10,11). The van der Waals surface area contributed by atoms with Crippen LogP contribution in [0.25, 0.3) is 0 Å². The van der Waals surface area contributed by atoms with Crippen LogP contribution in [0.1, 0.15) is 26.7 Å². The summed E-state index contributed by atoms with van der Waals surface area (Å²) in [5.41, 5.74) is 0. The molecule has 0 aliphatic carbocycles. The highest BCUT2D eigenvalue weighted by Gasteiger charge is 2.44. The molecule has 0 aliphatic heterocycles. The molecule has 0 atom stereocenters. The van der Waals surface area contributed by atoms with E-state index in [0.29, 0.717) is 19.4 Å². The summed E-state index contributed by atoms with van der Waals surface area (Å²) in [6.07, 6.45) is 0.675. The highest BCUT2D eigenvalue weighted by atomic mass is 127. The molecule has 0 saturated heterocycles. The third kappa shape index (κ3) is 3.47. The molecule has 80 valence electrons. The van der Waals surface area contributed by atoms with Gasteiger partial charge in [0.25, 0.3) is 0 Å². The van der Waals surface area contributed by atoms with Gasteiger partial charge in [0.2, 0.25) is 0 Å². The average Bonchev–Trinajstić information content (AvgIpc) is 2.05. The molecule has 4 nitrogen and oxygen atoms in total. The van der Waals surface area contributed by atoms with Crippen LogP contribution in [-0.2, 0) is 9.30 Å². The van der Waals surface area contributed by atoms with Crippen molar-refractivity contribution < 1.29 is 19.1 Å². The molecule has 0 radical (unpaired) electrons. The third-order valence-corrected chi connectivity index (χ3v) is 4.35. The van der Waals surface area contributed by atoms with Crippen LogP contribution < -0.4 is 0 Å². The fourth-order valence-electron chi connectivity index (χ4n) is 1.18. The molecule has 0 aromatic rings. The van der Waals surface area contributed by atoms with E-state index in [1.165, 1.54) is 0 Å². The van der Waals surface area contributed by atoms with Crippen LogP contribution in [0.2, 0.25) is 0 Å². The van der Waals surface area contributed by atoms with Crippen LogP contribution in [0.5, 0.6) is 0 Å². The van der Waals surface area contributed by atoms with Gasteiger partial charge in [-0.2, -0.15) is 0 Å². The zero-order valence-corrected chi connectivity index (χ0v) is 10.9. The minimum Gasteiger partial charge on any atom is -0.362 e. The van der Waals surface area contributed by atoms with Crippen LogP contribution >= 0.6 is 30.2 Å². The summed E-state index contributed by atoms with van der Waals surface area (Å²) >= 11 is 2.11. The molecule has 0 amide bonds. The summed E-state index contributed by atoms with van der Waals surface area (Å²) < 4.78 is 17.2. The molecule has 0 fully saturated rings. The molecular formula is C7H16IO4P. The van der Waals surface area contributed by atoms with Gasteiger partial charge in [-0.15, -0.1) is 0 Å². The number of rotatable bonds is 6. The molecule has 0 aromatic carbocycles. The topological polar surface area (TPSA) is 66.8 Å². The molecule has 0 aromatic heterocycles. The van der Waals surface area contributed by atoms with Crippen LogP contribution in [0, 0.1) is 0 Å². The maximum atomic E-state index is 11.2. The van der Waals surface area contributed by atoms with E-state index in [1.54, 1.807) is 13.8 Å². The summed E-state index contributed by atoms with van der Waals surface area (Å²) in [5.74, 6) is 0. The Morgan fingerprint density at radius 3 is 2.08 bits per heavy atom. The Morgan fingerprint density at radius 1 is 1.38 bits per heavy atom. The van der Waals surface area contributed by atoms with Gasteiger partial charge in [0.1, 0.15) is 0 Å².